The Morgan fingerprint density at radius 3 is 2.47 bits per heavy atom. The smallest absolute Gasteiger partial charge is 0.344 e. The minimum Gasteiger partial charge on any atom is -0.493 e. The van der Waals surface area contributed by atoms with Crippen LogP contribution in [0.4, 0.5) is 0 Å². The van der Waals surface area contributed by atoms with Crippen molar-refractivity contribution in [3.05, 3.63) is 52.0 Å². The quantitative estimate of drug-likeness (QED) is 0.195. The molecule has 0 saturated carbocycles. The van der Waals surface area contributed by atoms with Gasteiger partial charge < -0.3 is 24.3 Å². The molecule has 1 atom stereocenters. The number of amides is 2. The van der Waals surface area contributed by atoms with Gasteiger partial charge in [0, 0.05) is 0 Å². The first-order chi connectivity index (χ1) is 18.1. The highest BCUT2D eigenvalue weighted by atomic mass is 79.9. The van der Waals surface area contributed by atoms with Gasteiger partial charge in [-0.15, -0.1) is 0 Å². The number of hydrogen-bond acceptors (Lipinski definition) is 8. The van der Waals surface area contributed by atoms with Crippen LogP contribution in [0.3, 0.4) is 0 Å². The Bertz CT molecular complexity index is 1140. The van der Waals surface area contributed by atoms with Gasteiger partial charge in [0.1, 0.15) is 11.8 Å². The molecule has 2 aromatic rings. The first-order valence-electron chi connectivity index (χ1n) is 12.1. The predicted octanol–water partition coefficient (Wildman–Crippen LogP) is 3.77. The van der Waals surface area contributed by atoms with Crippen LogP contribution in [0.5, 0.6) is 17.2 Å². The molecule has 0 aliphatic rings. The Balaban J connectivity index is 2.01. The number of esters is 1. The number of hydrazone groups is 1. The summed E-state index contributed by atoms with van der Waals surface area (Å²) in [4.78, 5) is 36.9. The highest BCUT2D eigenvalue weighted by Gasteiger charge is 2.22. The van der Waals surface area contributed by atoms with Gasteiger partial charge in [0.2, 0.25) is 0 Å². The molecule has 0 aromatic heterocycles. The number of carbonyl (C=O) groups is 3. The first-order valence-corrected chi connectivity index (χ1v) is 12.9. The van der Waals surface area contributed by atoms with Gasteiger partial charge in [-0.2, -0.15) is 5.10 Å². The van der Waals surface area contributed by atoms with Crippen molar-refractivity contribution in [3.63, 3.8) is 0 Å². The number of benzene rings is 2. The number of rotatable bonds is 14. The second kappa shape index (κ2) is 15.6. The summed E-state index contributed by atoms with van der Waals surface area (Å²) in [6.45, 7) is 7.27. The lowest BCUT2D eigenvalue weighted by atomic mass is 10.0. The maximum Gasteiger partial charge on any atom is 0.344 e. The summed E-state index contributed by atoms with van der Waals surface area (Å²) >= 11 is 3.40. The van der Waals surface area contributed by atoms with Crippen LogP contribution in [0.2, 0.25) is 0 Å². The van der Waals surface area contributed by atoms with Crippen molar-refractivity contribution < 1.29 is 33.3 Å². The molecule has 0 bridgehead atoms. The highest BCUT2D eigenvalue weighted by Crippen LogP contribution is 2.36. The number of carbonyl (C=O) groups excluding carboxylic acids is 3. The SMILES string of the molecule is CCOC(=O)COc1c(Br)cc(/C=N\NC(=O)[C@H](CC(C)C)NC(=O)COc2ccccc2C)cc1OC. The molecule has 206 valence electrons. The predicted molar refractivity (Wildman–Crippen MR) is 147 cm³/mol. The summed E-state index contributed by atoms with van der Waals surface area (Å²) in [5, 5.41) is 6.75. The van der Waals surface area contributed by atoms with Crippen molar-refractivity contribution in [3.8, 4) is 17.2 Å². The third-order valence-electron chi connectivity index (χ3n) is 5.09. The van der Waals surface area contributed by atoms with Crippen LogP contribution in [-0.2, 0) is 19.1 Å². The molecule has 10 nitrogen and oxygen atoms in total. The van der Waals surface area contributed by atoms with Gasteiger partial charge in [-0.3, -0.25) is 9.59 Å². The number of aryl methyl sites for hydroxylation is 1. The molecule has 2 amide bonds. The van der Waals surface area contributed by atoms with Gasteiger partial charge in [-0.05, 0) is 71.4 Å². The maximum absolute atomic E-state index is 12.8. The highest BCUT2D eigenvalue weighted by molar-refractivity contribution is 9.10. The van der Waals surface area contributed by atoms with Crippen molar-refractivity contribution in [1.82, 2.24) is 10.7 Å². The molecule has 2 aromatic carbocycles. The number of nitrogens with zero attached hydrogens (tertiary/aromatic N) is 1. The van der Waals surface area contributed by atoms with E-state index in [0.717, 1.165) is 5.56 Å². The molecular weight excluding hydrogens is 558 g/mol. The van der Waals surface area contributed by atoms with E-state index in [-0.39, 0.29) is 25.7 Å². The van der Waals surface area contributed by atoms with Crippen LogP contribution in [0.1, 0.15) is 38.3 Å². The zero-order valence-electron chi connectivity index (χ0n) is 22.2. The average molecular weight is 592 g/mol. The van der Waals surface area contributed by atoms with E-state index < -0.39 is 23.8 Å². The topological polar surface area (TPSA) is 125 Å². The lowest BCUT2D eigenvalue weighted by Crippen LogP contribution is -2.47. The zero-order chi connectivity index (χ0) is 28.1. The largest absolute Gasteiger partial charge is 0.493 e. The minimum atomic E-state index is -0.792. The standard InChI is InChI=1S/C27H34BrN3O7/c1-6-36-25(33)16-38-26-20(28)12-19(13-23(26)35-5)14-29-31-27(34)21(11-17(2)3)30-24(32)15-37-22-10-8-7-9-18(22)4/h7-10,12-14,17,21H,6,11,15-16H2,1-5H3,(H,30,32)(H,31,34)/b29-14-/t21-/m0/s1. The number of para-hydroxylation sites is 1. The third-order valence-corrected chi connectivity index (χ3v) is 5.68. The molecule has 0 aliphatic heterocycles. The summed E-state index contributed by atoms with van der Waals surface area (Å²) in [5.74, 6) is 0.0689. The number of nitrogens with one attached hydrogen (secondary N) is 2. The first kappa shape index (κ1) is 30.6. The van der Waals surface area contributed by atoms with Crippen molar-refractivity contribution in [2.75, 3.05) is 26.9 Å². The van der Waals surface area contributed by atoms with Crippen molar-refractivity contribution in [2.45, 2.75) is 40.2 Å². The fourth-order valence-electron chi connectivity index (χ4n) is 3.34. The second-order valence-corrected chi connectivity index (χ2v) is 9.52. The monoisotopic (exact) mass is 591 g/mol. The molecule has 0 spiro atoms. The van der Waals surface area contributed by atoms with Crippen LogP contribution in [-0.4, -0.2) is 57.0 Å². The third kappa shape index (κ3) is 10.0. The molecular formula is C27H34BrN3O7. The van der Waals surface area contributed by atoms with Crippen LogP contribution in [0.25, 0.3) is 0 Å². The van der Waals surface area contributed by atoms with E-state index in [1.54, 1.807) is 25.1 Å². The van der Waals surface area contributed by atoms with Crippen LogP contribution in [0.15, 0.2) is 46.0 Å². The maximum atomic E-state index is 12.8. The van der Waals surface area contributed by atoms with E-state index in [1.165, 1.54) is 13.3 Å². The molecule has 0 aliphatic carbocycles. The molecule has 2 rings (SSSR count). The molecule has 11 heteroatoms. The van der Waals surface area contributed by atoms with Crippen LogP contribution in [0, 0.1) is 12.8 Å². The molecule has 0 fully saturated rings. The second-order valence-electron chi connectivity index (χ2n) is 8.67. The van der Waals surface area contributed by atoms with Gasteiger partial charge in [0.05, 0.1) is 24.4 Å². The van der Waals surface area contributed by atoms with Crippen LogP contribution >= 0.6 is 15.9 Å². The van der Waals surface area contributed by atoms with E-state index in [0.29, 0.717) is 33.7 Å². The van der Waals surface area contributed by atoms with Crippen molar-refractivity contribution >= 4 is 39.9 Å². The summed E-state index contributed by atoms with van der Waals surface area (Å²) < 4.78 is 21.8. The van der Waals surface area contributed by atoms with Gasteiger partial charge in [0.25, 0.3) is 11.8 Å². The lowest BCUT2D eigenvalue weighted by molar-refractivity contribution is -0.145. The Morgan fingerprint density at radius 1 is 1.08 bits per heavy atom. The molecule has 2 N–H and O–H groups in total. The molecule has 0 saturated heterocycles. The Morgan fingerprint density at radius 2 is 1.82 bits per heavy atom. The zero-order valence-corrected chi connectivity index (χ0v) is 23.8. The van der Waals surface area contributed by atoms with Gasteiger partial charge >= 0.3 is 5.97 Å². The van der Waals surface area contributed by atoms with E-state index in [9.17, 15) is 14.4 Å². The van der Waals surface area contributed by atoms with Gasteiger partial charge in [-0.1, -0.05) is 32.0 Å². The Hall–Kier alpha value is -3.60. The van der Waals surface area contributed by atoms with Gasteiger partial charge in [0.15, 0.2) is 24.7 Å². The summed E-state index contributed by atoms with van der Waals surface area (Å²) in [6.07, 6.45) is 1.85. The molecule has 0 unspecified atom stereocenters. The summed E-state index contributed by atoms with van der Waals surface area (Å²) in [6, 6.07) is 9.91. The van der Waals surface area contributed by atoms with Gasteiger partial charge in [-0.25, -0.2) is 10.2 Å². The Kier molecular flexibility index (Phi) is 12.6. The minimum absolute atomic E-state index is 0.148. The van der Waals surface area contributed by atoms with Crippen molar-refractivity contribution in [1.29, 1.82) is 0 Å². The fraction of sp³-hybridized carbons (Fsp3) is 0.407. The fourth-order valence-corrected chi connectivity index (χ4v) is 3.91. The molecule has 0 heterocycles. The lowest BCUT2D eigenvalue weighted by Gasteiger charge is -2.19. The van der Waals surface area contributed by atoms with E-state index >= 15 is 0 Å². The Labute approximate surface area is 231 Å². The summed E-state index contributed by atoms with van der Waals surface area (Å²) in [7, 11) is 1.46. The van der Waals surface area contributed by atoms with Crippen LogP contribution < -0.4 is 25.0 Å². The van der Waals surface area contributed by atoms with E-state index in [2.05, 4.69) is 31.8 Å². The average Bonchev–Trinajstić information content (AvgIpc) is 2.86. The number of methoxy groups -OCH3 is 1. The van der Waals surface area contributed by atoms with Crippen molar-refractivity contribution in [2.24, 2.45) is 11.0 Å². The number of halogens is 1. The normalized spacial score (nSPS) is 11.7. The van der Waals surface area contributed by atoms with E-state index in [4.69, 9.17) is 18.9 Å². The number of ether oxygens (including phenoxy) is 4. The van der Waals surface area contributed by atoms with E-state index in [1.807, 2.05) is 39.0 Å². The molecule has 38 heavy (non-hydrogen) atoms. The summed E-state index contributed by atoms with van der Waals surface area (Å²) in [5.41, 5.74) is 3.98. The molecule has 0 radical (unpaired) electrons. The number of hydrogen-bond donors (Lipinski definition) is 2.